The molecule has 0 unspecified atom stereocenters. The number of alkyl halides is 1. The number of nitrogens with zero attached hydrogens (tertiary/aromatic N) is 1. The van der Waals surface area contributed by atoms with Crippen LogP contribution >= 0.6 is 22.6 Å². The molecule has 0 radical (unpaired) electrons. The van der Waals surface area contributed by atoms with Gasteiger partial charge in [-0.2, -0.15) is 0 Å². The van der Waals surface area contributed by atoms with Crippen LogP contribution in [0.25, 0.3) is 0 Å². The fourth-order valence-corrected chi connectivity index (χ4v) is 3.73. The first kappa shape index (κ1) is 14.8. The molecule has 1 aromatic rings. The van der Waals surface area contributed by atoms with E-state index in [0.29, 0.717) is 17.7 Å². The molecule has 1 aromatic carbocycles. The Bertz CT molecular complexity index is 418. The van der Waals surface area contributed by atoms with Gasteiger partial charge in [0.2, 0.25) is 5.91 Å². The number of benzene rings is 1. The molecule has 1 heterocycles. The van der Waals surface area contributed by atoms with E-state index in [1.807, 2.05) is 23.1 Å². The van der Waals surface area contributed by atoms with Gasteiger partial charge in [0.25, 0.3) is 0 Å². The summed E-state index contributed by atoms with van der Waals surface area (Å²) in [6, 6.07) is 10.3. The minimum Gasteiger partial charge on any atom is -0.338 e. The van der Waals surface area contributed by atoms with Gasteiger partial charge in [0.1, 0.15) is 0 Å². The topological polar surface area (TPSA) is 20.3 Å². The third-order valence-corrected chi connectivity index (χ3v) is 4.92. The normalized spacial score (nSPS) is 23.4. The highest BCUT2D eigenvalue weighted by molar-refractivity contribution is 14.1. The number of rotatable bonds is 5. The summed E-state index contributed by atoms with van der Waals surface area (Å²) < 4.78 is 1.08. The molecule has 1 saturated heterocycles. The molecule has 0 aromatic heterocycles. The summed E-state index contributed by atoms with van der Waals surface area (Å²) in [4.78, 5) is 14.6. The maximum absolute atomic E-state index is 12.5. The zero-order valence-electron chi connectivity index (χ0n) is 11.7. The van der Waals surface area contributed by atoms with E-state index >= 15 is 0 Å². The molecule has 1 aliphatic heterocycles. The molecule has 104 valence electrons. The average molecular weight is 371 g/mol. The van der Waals surface area contributed by atoms with E-state index in [2.05, 4.69) is 48.6 Å². The highest BCUT2D eigenvalue weighted by Crippen LogP contribution is 2.32. The van der Waals surface area contributed by atoms with Crippen molar-refractivity contribution in [2.45, 2.75) is 26.8 Å². The van der Waals surface area contributed by atoms with Crippen LogP contribution in [0.4, 0.5) is 0 Å². The largest absolute Gasteiger partial charge is 0.338 e. The summed E-state index contributed by atoms with van der Waals surface area (Å²) >= 11 is 2.42. The Morgan fingerprint density at radius 2 is 2.00 bits per heavy atom. The van der Waals surface area contributed by atoms with Crippen LogP contribution in [0.15, 0.2) is 30.3 Å². The summed E-state index contributed by atoms with van der Waals surface area (Å²) in [5.41, 5.74) is 1.23. The number of likely N-dealkylation sites (tertiary alicyclic amines) is 1. The number of halogens is 1. The molecule has 1 amide bonds. The first-order chi connectivity index (χ1) is 9.11. The fourth-order valence-electron chi connectivity index (χ4n) is 2.84. The quantitative estimate of drug-likeness (QED) is 0.571. The van der Waals surface area contributed by atoms with Crippen molar-refractivity contribution < 1.29 is 4.79 Å². The second-order valence-corrected chi connectivity index (χ2v) is 6.74. The van der Waals surface area contributed by atoms with Gasteiger partial charge in [0, 0.05) is 23.4 Å². The molecule has 3 heteroatoms. The van der Waals surface area contributed by atoms with E-state index in [0.717, 1.165) is 23.9 Å². The monoisotopic (exact) mass is 371 g/mol. The van der Waals surface area contributed by atoms with Crippen LogP contribution in [-0.2, 0) is 11.3 Å². The Balaban J connectivity index is 2.05. The van der Waals surface area contributed by atoms with E-state index in [4.69, 9.17) is 0 Å². The van der Waals surface area contributed by atoms with Crippen molar-refractivity contribution in [3.8, 4) is 0 Å². The Morgan fingerprint density at radius 3 is 2.58 bits per heavy atom. The Kier molecular flexibility index (Phi) is 5.25. The second kappa shape index (κ2) is 6.73. The lowest BCUT2D eigenvalue weighted by Crippen LogP contribution is -2.27. The minimum atomic E-state index is 0.237. The Hall–Kier alpha value is -0.580. The number of amides is 1. The predicted octanol–water partition coefficient (Wildman–Crippen LogP) is 3.74. The van der Waals surface area contributed by atoms with Crippen LogP contribution < -0.4 is 0 Å². The van der Waals surface area contributed by atoms with Crippen LogP contribution in [0, 0.1) is 17.8 Å². The third-order valence-electron chi connectivity index (χ3n) is 3.79. The molecule has 0 spiro atoms. The SMILES string of the molecule is CC(C)C[C@@H]1C(=O)N(Cc2ccccc2)C[C@@H]1CI. The van der Waals surface area contributed by atoms with Crippen LogP contribution in [0.5, 0.6) is 0 Å². The summed E-state index contributed by atoms with van der Waals surface area (Å²) in [5.74, 6) is 1.72. The summed E-state index contributed by atoms with van der Waals surface area (Å²) in [7, 11) is 0. The van der Waals surface area contributed by atoms with Crippen molar-refractivity contribution in [3.05, 3.63) is 35.9 Å². The van der Waals surface area contributed by atoms with E-state index in [9.17, 15) is 4.79 Å². The maximum Gasteiger partial charge on any atom is 0.226 e. The van der Waals surface area contributed by atoms with Gasteiger partial charge in [0.05, 0.1) is 0 Å². The molecular weight excluding hydrogens is 349 g/mol. The van der Waals surface area contributed by atoms with Gasteiger partial charge in [-0.1, -0.05) is 66.8 Å². The summed E-state index contributed by atoms with van der Waals surface area (Å²) in [5, 5.41) is 0. The summed E-state index contributed by atoms with van der Waals surface area (Å²) in [6.45, 7) is 6.10. The molecule has 0 aliphatic carbocycles. The van der Waals surface area contributed by atoms with Crippen molar-refractivity contribution in [1.29, 1.82) is 0 Å². The lowest BCUT2D eigenvalue weighted by Gasteiger charge is -2.17. The van der Waals surface area contributed by atoms with E-state index in [1.54, 1.807) is 0 Å². The van der Waals surface area contributed by atoms with Gasteiger partial charge in [-0.15, -0.1) is 0 Å². The molecule has 1 fully saturated rings. The zero-order valence-corrected chi connectivity index (χ0v) is 13.8. The summed E-state index contributed by atoms with van der Waals surface area (Å²) in [6.07, 6.45) is 1.03. The second-order valence-electron chi connectivity index (χ2n) is 5.85. The molecule has 2 rings (SSSR count). The van der Waals surface area contributed by atoms with Gasteiger partial charge in [-0.3, -0.25) is 4.79 Å². The van der Waals surface area contributed by atoms with Gasteiger partial charge < -0.3 is 4.90 Å². The molecule has 0 N–H and O–H groups in total. The minimum absolute atomic E-state index is 0.237. The average Bonchev–Trinajstić information content (AvgIpc) is 2.68. The third kappa shape index (κ3) is 3.71. The fraction of sp³-hybridized carbons (Fsp3) is 0.562. The number of carbonyl (C=O) groups excluding carboxylic acids is 1. The van der Waals surface area contributed by atoms with Gasteiger partial charge in [-0.05, 0) is 23.8 Å². The molecular formula is C16H22INO. The lowest BCUT2D eigenvalue weighted by atomic mass is 9.89. The van der Waals surface area contributed by atoms with Crippen LogP contribution in [0.1, 0.15) is 25.8 Å². The molecule has 0 saturated carbocycles. The van der Waals surface area contributed by atoms with Crippen molar-refractivity contribution >= 4 is 28.5 Å². The van der Waals surface area contributed by atoms with Crippen molar-refractivity contribution in [1.82, 2.24) is 4.90 Å². The highest BCUT2D eigenvalue weighted by atomic mass is 127. The highest BCUT2D eigenvalue weighted by Gasteiger charge is 2.39. The van der Waals surface area contributed by atoms with Crippen molar-refractivity contribution in [2.24, 2.45) is 17.8 Å². The standard InChI is InChI=1S/C16H22INO/c1-12(2)8-15-14(9-17)11-18(16(15)19)10-13-6-4-3-5-7-13/h3-7,12,14-15H,8-11H2,1-2H3/t14-,15-/m0/s1. The molecule has 1 aliphatic rings. The molecule has 0 bridgehead atoms. The number of carbonyl (C=O) groups is 1. The van der Waals surface area contributed by atoms with E-state index in [-0.39, 0.29) is 5.92 Å². The van der Waals surface area contributed by atoms with Crippen LogP contribution in [-0.4, -0.2) is 21.8 Å². The van der Waals surface area contributed by atoms with Crippen LogP contribution in [0.3, 0.4) is 0 Å². The van der Waals surface area contributed by atoms with Gasteiger partial charge in [-0.25, -0.2) is 0 Å². The first-order valence-electron chi connectivity index (χ1n) is 7.00. The Labute approximate surface area is 129 Å². The maximum atomic E-state index is 12.5. The smallest absolute Gasteiger partial charge is 0.226 e. The molecule has 19 heavy (non-hydrogen) atoms. The Morgan fingerprint density at radius 1 is 1.32 bits per heavy atom. The lowest BCUT2D eigenvalue weighted by molar-refractivity contribution is -0.132. The molecule has 2 nitrogen and oxygen atoms in total. The van der Waals surface area contributed by atoms with Crippen LogP contribution in [0.2, 0.25) is 0 Å². The van der Waals surface area contributed by atoms with Crippen molar-refractivity contribution in [3.63, 3.8) is 0 Å². The van der Waals surface area contributed by atoms with Gasteiger partial charge in [0.15, 0.2) is 0 Å². The van der Waals surface area contributed by atoms with Gasteiger partial charge >= 0.3 is 0 Å². The molecule has 2 atom stereocenters. The van der Waals surface area contributed by atoms with Crippen molar-refractivity contribution in [2.75, 3.05) is 11.0 Å². The van der Waals surface area contributed by atoms with E-state index in [1.165, 1.54) is 5.56 Å². The number of hydrogen-bond acceptors (Lipinski definition) is 1. The zero-order chi connectivity index (χ0) is 13.8. The predicted molar refractivity (Wildman–Crippen MR) is 87.2 cm³/mol. The number of hydrogen-bond donors (Lipinski definition) is 0. The first-order valence-corrected chi connectivity index (χ1v) is 8.53. The van der Waals surface area contributed by atoms with E-state index < -0.39 is 0 Å².